The molecule has 3 fully saturated rings. The van der Waals surface area contributed by atoms with E-state index in [1.165, 1.54) is 13.0 Å². The second-order valence-electron chi connectivity index (χ2n) is 9.24. The van der Waals surface area contributed by atoms with Gasteiger partial charge in [0, 0.05) is 23.5 Å². The van der Waals surface area contributed by atoms with Gasteiger partial charge in [-0.1, -0.05) is 18.6 Å². The van der Waals surface area contributed by atoms with Crippen LogP contribution in [-0.4, -0.2) is 35.0 Å². The summed E-state index contributed by atoms with van der Waals surface area (Å²) in [4.78, 5) is 23.8. The fourth-order valence-electron chi connectivity index (χ4n) is 6.84. The minimum Gasteiger partial charge on any atom is -0.459 e. The van der Waals surface area contributed by atoms with Crippen molar-refractivity contribution in [1.29, 1.82) is 0 Å². The van der Waals surface area contributed by atoms with E-state index in [0.717, 1.165) is 31.3 Å². The van der Waals surface area contributed by atoms with Crippen LogP contribution in [-0.2, 0) is 14.3 Å². The predicted octanol–water partition coefficient (Wildman–Crippen LogP) is 4.66. The molecule has 5 heteroatoms. The molecule has 0 aromatic carbocycles. The average molecular weight is 393 g/mol. The van der Waals surface area contributed by atoms with Crippen LogP contribution in [0.25, 0.3) is 0 Å². The summed E-state index contributed by atoms with van der Waals surface area (Å²) in [5, 5.41) is 0.471. The van der Waals surface area contributed by atoms with E-state index in [2.05, 4.69) is 13.2 Å². The highest BCUT2D eigenvalue weighted by atomic mass is 32.2. The van der Waals surface area contributed by atoms with Crippen LogP contribution in [0.4, 0.5) is 4.39 Å². The summed E-state index contributed by atoms with van der Waals surface area (Å²) in [6, 6.07) is 0. The largest absolute Gasteiger partial charge is 0.459 e. The Morgan fingerprint density at radius 3 is 2.67 bits per heavy atom. The van der Waals surface area contributed by atoms with Gasteiger partial charge in [-0.2, -0.15) is 11.8 Å². The Morgan fingerprint density at radius 2 is 2.00 bits per heavy atom. The molecule has 0 saturated heterocycles. The molecule has 0 aliphatic heterocycles. The number of carbonyl (C=O) groups is 2. The van der Waals surface area contributed by atoms with Crippen LogP contribution < -0.4 is 0 Å². The van der Waals surface area contributed by atoms with Gasteiger partial charge in [-0.05, 0) is 68.8 Å². The molecular formula is C22H29FO3S. The van der Waals surface area contributed by atoms with Gasteiger partial charge in [-0.15, -0.1) is 0 Å². The number of allylic oxidation sites excluding steroid dienone is 4. The third-order valence-corrected chi connectivity index (χ3v) is 9.46. The minimum atomic E-state index is -1.67. The molecule has 0 radical (unpaired) electrons. The lowest BCUT2D eigenvalue weighted by atomic mass is 9.46. The summed E-state index contributed by atoms with van der Waals surface area (Å²) in [5.74, 6) is -0.362. The first kappa shape index (κ1) is 19.2. The number of thioether (sulfide) groups is 1. The third kappa shape index (κ3) is 2.46. The van der Waals surface area contributed by atoms with Gasteiger partial charge in [-0.3, -0.25) is 9.59 Å². The maximum absolute atomic E-state index is 17.2. The van der Waals surface area contributed by atoms with Crippen molar-refractivity contribution in [2.45, 2.75) is 69.9 Å². The minimum absolute atomic E-state index is 0.0223. The van der Waals surface area contributed by atoms with E-state index >= 15 is 4.39 Å². The lowest BCUT2D eigenvalue weighted by Gasteiger charge is -2.62. The van der Waals surface area contributed by atoms with Crippen LogP contribution in [0.3, 0.4) is 0 Å². The monoisotopic (exact) mass is 392 g/mol. The van der Waals surface area contributed by atoms with Crippen molar-refractivity contribution in [3.05, 3.63) is 23.8 Å². The van der Waals surface area contributed by atoms with E-state index in [4.69, 9.17) is 4.74 Å². The summed E-state index contributed by atoms with van der Waals surface area (Å²) in [6.07, 6.45) is 10.3. The zero-order valence-corrected chi connectivity index (χ0v) is 17.4. The highest BCUT2D eigenvalue weighted by molar-refractivity contribution is 7.99. The number of ketones is 1. The molecule has 3 nitrogen and oxygen atoms in total. The van der Waals surface area contributed by atoms with Crippen LogP contribution >= 0.6 is 11.8 Å². The molecule has 0 bridgehead atoms. The molecule has 4 rings (SSSR count). The highest BCUT2D eigenvalue weighted by Crippen LogP contribution is 2.69. The molecule has 0 heterocycles. The molecule has 0 amide bonds. The maximum Gasteiger partial charge on any atom is 0.303 e. The zero-order valence-electron chi connectivity index (χ0n) is 16.6. The Labute approximate surface area is 165 Å². The van der Waals surface area contributed by atoms with Crippen LogP contribution in [0.5, 0.6) is 0 Å². The van der Waals surface area contributed by atoms with Crippen molar-refractivity contribution >= 4 is 23.5 Å². The second-order valence-corrected chi connectivity index (χ2v) is 10.3. The van der Waals surface area contributed by atoms with E-state index in [1.54, 1.807) is 12.2 Å². The summed E-state index contributed by atoms with van der Waals surface area (Å²) >= 11 is 1.87. The Morgan fingerprint density at radius 1 is 1.26 bits per heavy atom. The van der Waals surface area contributed by atoms with Crippen LogP contribution in [0, 0.1) is 22.7 Å². The number of rotatable bonds is 2. The first-order valence-corrected chi connectivity index (χ1v) is 11.3. The molecule has 27 heavy (non-hydrogen) atoms. The van der Waals surface area contributed by atoms with Gasteiger partial charge in [0.2, 0.25) is 0 Å². The summed E-state index contributed by atoms with van der Waals surface area (Å²) in [7, 11) is 0. The number of hydrogen-bond donors (Lipinski definition) is 0. The highest BCUT2D eigenvalue weighted by Gasteiger charge is 2.71. The maximum atomic E-state index is 17.2. The number of carbonyl (C=O) groups excluding carboxylic acids is 2. The van der Waals surface area contributed by atoms with Crippen LogP contribution in [0.15, 0.2) is 23.8 Å². The normalized spacial score (nSPS) is 48.3. The molecule has 3 saturated carbocycles. The smallest absolute Gasteiger partial charge is 0.303 e. The summed E-state index contributed by atoms with van der Waals surface area (Å²) in [5.41, 5.74) is -1.72. The van der Waals surface area contributed by atoms with Crippen molar-refractivity contribution in [1.82, 2.24) is 0 Å². The lowest BCUT2D eigenvalue weighted by molar-refractivity contribution is -0.208. The Bertz CT molecular complexity index is 746. The predicted molar refractivity (Wildman–Crippen MR) is 105 cm³/mol. The van der Waals surface area contributed by atoms with Gasteiger partial charge in [0.05, 0.1) is 0 Å². The van der Waals surface area contributed by atoms with Crippen LogP contribution in [0.1, 0.15) is 52.9 Å². The third-order valence-electron chi connectivity index (χ3n) is 8.12. The molecule has 0 N–H and O–H groups in total. The number of hydrogen-bond acceptors (Lipinski definition) is 4. The van der Waals surface area contributed by atoms with E-state index in [1.807, 2.05) is 18.7 Å². The SMILES string of the molecule is CS[C@H]1CC[C@H]2[C@@H]3CCC4=CC(=O)C=C[C@]4(C)[C@@]3(F)[C@@H](OC(C)=O)C[C@]12C. The molecule has 4 aliphatic carbocycles. The average Bonchev–Trinajstić information content (AvgIpc) is 2.92. The molecule has 148 valence electrons. The molecular weight excluding hydrogens is 363 g/mol. The number of ether oxygens (including phenoxy) is 1. The number of halogens is 1. The summed E-state index contributed by atoms with van der Waals surface area (Å²) in [6.45, 7) is 5.54. The number of fused-ring (bicyclic) bond motifs is 5. The Hall–Kier alpha value is -1.10. The second kappa shape index (κ2) is 6.20. The fraction of sp³-hybridized carbons (Fsp3) is 0.727. The van der Waals surface area contributed by atoms with Gasteiger partial charge < -0.3 is 4.74 Å². The molecule has 0 unspecified atom stereocenters. The lowest BCUT2D eigenvalue weighted by Crippen LogP contribution is -2.67. The van der Waals surface area contributed by atoms with Crippen molar-refractivity contribution < 1.29 is 18.7 Å². The van der Waals surface area contributed by atoms with Gasteiger partial charge in [0.1, 0.15) is 6.10 Å². The van der Waals surface area contributed by atoms with Gasteiger partial charge in [0.15, 0.2) is 11.5 Å². The number of esters is 1. The first-order chi connectivity index (χ1) is 12.7. The first-order valence-electron chi connectivity index (χ1n) is 10.00. The van der Waals surface area contributed by atoms with Crippen molar-refractivity contribution in [3.8, 4) is 0 Å². The quantitative estimate of drug-likeness (QED) is 0.641. The standard InChI is InChI=1S/C22H29FO3S/c1-13(24)26-18-12-20(2)16(7-8-19(20)27-4)17-6-5-14-11-15(25)9-10-21(14,3)22(17,18)23/h9-11,16-19H,5-8,12H2,1-4H3/t16-,17-,18-,19-,20-,21-,22-/m0/s1. The molecule has 4 aliphatic rings. The van der Waals surface area contributed by atoms with Gasteiger partial charge in [0.25, 0.3) is 0 Å². The number of alkyl halides is 1. The topological polar surface area (TPSA) is 43.4 Å². The van der Waals surface area contributed by atoms with Gasteiger partial charge >= 0.3 is 5.97 Å². The van der Waals surface area contributed by atoms with Crippen molar-refractivity contribution in [2.75, 3.05) is 6.26 Å². The van der Waals surface area contributed by atoms with Crippen LogP contribution in [0.2, 0.25) is 0 Å². The van der Waals surface area contributed by atoms with E-state index in [9.17, 15) is 9.59 Å². The molecule has 7 atom stereocenters. The Kier molecular flexibility index (Phi) is 4.41. The zero-order chi connectivity index (χ0) is 19.6. The van der Waals surface area contributed by atoms with Gasteiger partial charge in [-0.25, -0.2) is 4.39 Å². The Balaban J connectivity index is 1.84. The molecule has 0 spiro atoms. The van der Waals surface area contributed by atoms with E-state index in [0.29, 0.717) is 11.7 Å². The van der Waals surface area contributed by atoms with Crippen molar-refractivity contribution in [2.24, 2.45) is 22.7 Å². The van der Waals surface area contributed by atoms with E-state index < -0.39 is 23.2 Å². The molecule has 0 aromatic rings. The van der Waals surface area contributed by atoms with Crippen molar-refractivity contribution in [3.63, 3.8) is 0 Å². The van der Waals surface area contributed by atoms with E-state index in [-0.39, 0.29) is 23.0 Å². The molecule has 0 aromatic heterocycles. The summed E-state index contributed by atoms with van der Waals surface area (Å²) < 4.78 is 22.9. The fourth-order valence-corrected chi connectivity index (χ4v) is 8.02.